The zero-order chi connectivity index (χ0) is 13.9. The van der Waals surface area contributed by atoms with Crippen molar-refractivity contribution in [3.05, 3.63) is 17.7 Å². The fourth-order valence-corrected chi connectivity index (χ4v) is 2.45. The van der Waals surface area contributed by atoms with E-state index in [9.17, 15) is 13.5 Å². The van der Waals surface area contributed by atoms with Gasteiger partial charge in [-0.1, -0.05) is 0 Å². The van der Waals surface area contributed by atoms with E-state index in [4.69, 9.17) is 15.2 Å². The monoisotopic (exact) mass is 275 g/mol. The predicted octanol–water partition coefficient (Wildman–Crippen LogP) is 0.0994. The van der Waals surface area contributed by atoms with Crippen molar-refractivity contribution in [2.75, 3.05) is 27.0 Å². The van der Waals surface area contributed by atoms with Gasteiger partial charge in [-0.3, -0.25) is 0 Å². The fourth-order valence-electron chi connectivity index (χ4n) is 1.58. The molecule has 1 atom stereocenters. The quantitative estimate of drug-likeness (QED) is 0.790. The van der Waals surface area contributed by atoms with Crippen molar-refractivity contribution in [1.29, 1.82) is 0 Å². The first-order valence-electron chi connectivity index (χ1n) is 5.19. The summed E-state index contributed by atoms with van der Waals surface area (Å²) in [5.74, 6) is 0.412. The van der Waals surface area contributed by atoms with Crippen LogP contribution in [0.25, 0.3) is 0 Å². The molecule has 0 radical (unpaired) electrons. The van der Waals surface area contributed by atoms with Gasteiger partial charge < -0.3 is 20.3 Å². The molecule has 0 bridgehead atoms. The molecule has 0 amide bonds. The van der Waals surface area contributed by atoms with Crippen LogP contribution in [0.15, 0.2) is 17.0 Å². The topological polar surface area (TPSA) is 98.8 Å². The Balaban J connectivity index is 3.60. The largest absolute Gasteiger partial charge is 0.497 e. The maximum atomic E-state index is 11.7. The lowest BCUT2D eigenvalue weighted by Crippen LogP contribution is -2.14. The molecular formula is C11H17NO5S. The molecule has 0 saturated heterocycles. The van der Waals surface area contributed by atoms with E-state index in [0.717, 1.165) is 6.26 Å². The number of hydrogen-bond donors (Lipinski definition) is 2. The average molecular weight is 275 g/mol. The van der Waals surface area contributed by atoms with Crippen LogP contribution in [0.1, 0.15) is 11.7 Å². The highest BCUT2D eigenvalue weighted by molar-refractivity contribution is 7.90. The van der Waals surface area contributed by atoms with Crippen LogP contribution in [0.3, 0.4) is 0 Å². The Bertz CT molecular complexity index is 526. The Morgan fingerprint density at radius 1 is 1.33 bits per heavy atom. The SMILES string of the molecule is COc1cc(C(O)CN)c(OC)c(S(C)(=O)=O)c1. The van der Waals surface area contributed by atoms with Crippen LogP contribution < -0.4 is 15.2 Å². The first-order chi connectivity index (χ1) is 8.35. The molecule has 18 heavy (non-hydrogen) atoms. The minimum absolute atomic E-state index is 0.0353. The molecule has 3 N–H and O–H groups in total. The zero-order valence-electron chi connectivity index (χ0n) is 10.5. The fraction of sp³-hybridized carbons (Fsp3) is 0.455. The van der Waals surface area contributed by atoms with Gasteiger partial charge in [0, 0.05) is 24.4 Å². The lowest BCUT2D eigenvalue weighted by molar-refractivity contribution is 0.181. The van der Waals surface area contributed by atoms with Gasteiger partial charge in [-0.2, -0.15) is 0 Å². The van der Waals surface area contributed by atoms with Crippen LogP contribution in [0, 0.1) is 0 Å². The second kappa shape index (κ2) is 5.55. The highest BCUT2D eigenvalue weighted by Gasteiger charge is 2.23. The Hall–Kier alpha value is -1.31. The Kier molecular flexibility index (Phi) is 4.55. The molecule has 1 aromatic rings. The first kappa shape index (κ1) is 14.7. The van der Waals surface area contributed by atoms with Gasteiger partial charge in [0.25, 0.3) is 0 Å². The van der Waals surface area contributed by atoms with Gasteiger partial charge in [0.15, 0.2) is 9.84 Å². The Morgan fingerprint density at radius 2 is 1.94 bits per heavy atom. The average Bonchev–Trinajstić information content (AvgIpc) is 2.34. The maximum absolute atomic E-state index is 11.7. The summed E-state index contributed by atoms with van der Waals surface area (Å²) in [5, 5.41) is 9.80. The molecule has 7 heteroatoms. The van der Waals surface area contributed by atoms with Crippen LogP contribution in [0.5, 0.6) is 11.5 Å². The maximum Gasteiger partial charge on any atom is 0.179 e. The summed E-state index contributed by atoms with van der Waals surface area (Å²) in [7, 11) is -0.754. The molecule has 1 rings (SSSR count). The highest BCUT2D eigenvalue weighted by atomic mass is 32.2. The number of aliphatic hydroxyl groups is 1. The summed E-state index contributed by atoms with van der Waals surface area (Å²) in [6.07, 6.45) is 0.0404. The summed E-state index contributed by atoms with van der Waals surface area (Å²) in [4.78, 5) is -0.0353. The second-order valence-corrected chi connectivity index (χ2v) is 5.76. The van der Waals surface area contributed by atoms with E-state index in [1.807, 2.05) is 0 Å². The molecule has 0 saturated carbocycles. The number of sulfone groups is 1. The summed E-state index contributed by atoms with van der Waals surface area (Å²) in [5.41, 5.74) is 5.67. The van der Waals surface area contributed by atoms with Crippen molar-refractivity contribution in [3.63, 3.8) is 0 Å². The molecular weight excluding hydrogens is 258 g/mol. The van der Waals surface area contributed by atoms with Gasteiger partial charge >= 0.3 is 0 Å². The van der Waals surface area contributed by atoms with E-state index in [1.165, 1.54) is 26.4 Å². The molecule has 102 valence electrons. The van der Waals surface area contributed by atoms with Gasteiger partial charge in [-0.15, -0.1) is 0 Å². The van der Waals surface area contributed by atoms with Crippen molar-refractivity contribution >= 4 is 9.84 Å². The van der Waals surface area contributed by atoms with Crippen molar-refractivity contribution in [2.45, 2.75) is 11.0 Å². The molecule has 1 unspecified atom stereocenters. The zero-order valence-corrected chi connectivity index (χ0v) is 11.3. The van der Waals surface area contributed by atoms with Gasteiger partial charge in [0.2, 0.25) is 0 Å². The number of aliphatic hydroxyl groups excluding tert-OH is 1. The highest BCUT2D eigenvalue weighted by Crippen LogP contribution is 2.36. The molecule has 0 heterocycles. The molecule has 1 aromatic carbocycles. The minimum Gasteiger partial charge on any atom is -0.497 e. The van der Waals surface area contributed by atoms with Crippen LogP contribution in [-0.2, 0) is 9.84 Å². The normalized spacial score (nSPS) is 13.2. The summed E-state index contributed by atoms with van der Waals surface area (Å²) in [6, 6.07) is 2.85. The molecule has 0 spiro atoms. The van der Waals surface area contributed by atoms with E-state index >= 15 is 0 Å². The lowest BCUT2D eigenvalue weighted by Gasteiger charge is -2.17. The number of rotatable bonds is 5. The molecule has 0 aliphatic carbocycles. The number of hydrogen-bond acceptors (Lipinski definition) is 6. The number of methoxy groups -OCH3 is 2. The van der Waals surface area contributed by atoms with Gasteiger partial charge in [-0.05, 0) is 6.07 Å². The van der Waals surface area contributed by atoms with Gasteiger partial charge in [0.1, 0.15) is 16.4 Å². The van der Waals surface area contributed by atoms with E-state index in [2.05, 4.69) is 0 Å². The molecule has 6 nitrogen and oxygen atoms in total. The Labute approximate surface area is 106 Å². The van der Waals surface area contributed by atoms with Crippen LogP contribution >= 0.6 is 0 Å². The van der Waals surface area contributed by atoms with E-state index in [-0.39, 0.29) is 17.2 Å². The Morgan fingerprint density at radius 3 is 2.33 bits per heavy atom. The van der Waals surface area contributed by atoms with Crippen molar-refractivity contribution in [1.82, 2.24) is 0 Å². The number of nitrogens with two attached hydrogens (primary N) is 1. The van der Waals surface area contributed by atoms with Gasteiger partial charge in [-0.25, -0.2) is 8.42 Å². The standard InChI is InChI=1S/C11H17NO5S/c1-16-7-4-8(9(13)6-12)11(17-2)10(5-7)18(3,14)15/h4-5,9,13H,6,12H2,1-3H3. The third-order valence-electron chi connectivity index (χ3n) is 2.48. The van der Waals surface area contributed by atoms with E-state index in [1.54, 1.807) is 0 Å². The molecule has 0 fully saturated rings. The van der Waals surface area contributed by atoms with Gasteiger partial charge in [0.05, 0.1) is 20.3 Å². The number of ether oxygens (including phenoxy) is 2. The number of benzene rings is 1. The van der Waals surface area contributed by atoms with Crippen molar-refractivity contribution < 1.29 is 23.0 Å². The summed E-state index contributed by atoms with van der Waals surface area (Å²) >= 11 is 0. The third-order valence-corrected chi connectivity index (χ3v) is 3.58. The molecule has 0 aromatic heterocycles. The van der Waals surface area contributed by atoms with Crippen molar-refractivity contribution in [2.24, 2.45) is 5.73 Å². The summed E-state index contributed by atoms with van der Waals surface area (Å²) in [6.45, 7) is -0.0489. The summed E-state index contributed by atoms with van der Waals surface area (Å²) < 4.78 is 33.5. The van der Waals surface area contributed by atoms with Crippen molar-refractivity contribution in [3.8, 4) is 11.5 Å². The third kappa shape index (κ3) is 2.92. The van der Waals surface area contributed by atoms with Crippen LogP contribution in [0.2, 0.25) is 0 Å². The van der Waals surface area contributed by atoms with E-state index in [0.29, 0.717) is 11.3 Å². The van der Waals surface area contributed by atoms with Crippen LogP contribution in [-0.4, -0.2) is 40.5 Å². The molecule has 0 aliphatic heterocycles. The van der Waals surface area contributed by atoms with Crippen LogP contribution in [0.4, 0.5) is 0 Å². The smallest absolute Gasteiger partial charge is 0.179 e. The lowest BCUT2D eigenvalue weighted by atomic mass is 10.1. The molecule has 0 aliphatic rings. The predicted molar refractivity (Wildman–Crippen MR) is 66.7 cm³/mol. The first-order valence-corrected chi connectivity index (χ1v) is 7.08. The minimum atomic E-state index is -3.50. The van der Waals surface area contributed by atoms with E-state index < -0.39 is 15.9 Å². The second-order valence-electron chi connectivity index (χ2n) is 3.77.